The van der Waals surface area contributed by atoms with E-state index in [4.69, 9.17) is 5.14 Å². The maximum Gasteiger partial charge on any atom is 0.246 e. The summed E-state index contributed by atoms with van der Waals surface area (Å²) < 4.78 is 22.5. The van der Waals surface area contributed by atoms with Crippen LogP contribution in [0, 0.1) is 0 Å². The van der Waals surface area contributed by atoms with Crippen LogP contribution in [-0.4, -0.2) is 37.7 Å². The smallest absolute Gasteiger partial charge is 0.246 e. The van der Waals surface area contributed by atoms with Crippen molar-refractivity contribution in [1.82, 2.24) is 10.2 Å². The van der Waals surface area contributed by atoms with Gasteiger partial charge in [0.25, 0.3) is 0 Å². The van der Waals surface area contributed by atoms with E-state index >= 15 is 0 Å². The fourth-order valence-corrected chi connectivity index (χ4v) is 3.52. The third kappa shape index (κ3) is 4.79. The quantitative estimate of drug-likeness (QED) is 0.683. The molecule has 1 aliphatic rings. The summed E-state index contributed by atoms with van der Waals surface area (Å²) >= 11 is 0. The number of likely N-dealkylation sites (tertiary alicyclic amines) is 1. The zero-order chi connectivity index (χ0) is 19.4. The lowest BCUT2D eigenvalue weighted by Crippen LogP contribution is -2.39. The van der Waals surface area contributed by atoms with Crippen LogP contribution in [0.2, 0.25) is 0 Å². The number of nitrogens with two attached hydrogens (primary N) is 1. The number of rotatable bonds is 7. The molecule has 1 saturated heterocycles. The van der Waals surface area contributed by atoms with Gasteiger partial charge in [0.15, 0.2) is 0 Å². The largest absolute Gasteiger partial charge is 0.301 e. The van der Waals surface area contributed by atoms with Crippen molar-refractivity contribution in [2.24, 2.45) is 5.14 Å². The molecular formula is C19H21N3O4S. The van der Waals surface area contributed by atoms with Gasteiger partial charge in [0.05, 0.1) is 17.4 Å². The van der Waals surface area contributed by atoms with E-state index in [2.05, 4.69) is 5.32 Å². The first-order valence-corrected chi connectivity index (χ1v) is 10.1. The number of primary sulfonamides is 1. The molecule has 1 aliphatic heterocycles. The van der Waals surface area contributed by atoms with Crippen molar-refractivity contribution < 1.29 is 18.0 Å². The Kier molecular flexibility index (Phi) is 5.69. The SMILES string of the molecule is NS(=O)(=O)c1ccc(CNC2CC(=O)N(CCc3ccccc3)C2=O)cc1. The summed E-state index contributed by atoms with van der Waals surface area (Å²) in [6.07, 6.45) is 0.753. The zero-order valence-electron chi connectivity index (χ0n) is 14.7. The second-order valence-corrected chi connectivity index (χ2v) is 8.01. The molecule has 0 bridgehead atoms. The highest BCUT2D eigenvalue weighted by Gasteiger charge is 2.37. The van der Waals surface area contributed by atoms with Crippen molar-refractivity contribution in [3.8, 4) is 0 Å². The summed E-state index contributed by atoms with van der Waals surface area (Å²) in [7, 11) is -3.73. The number of sulfonamides is 1. The second-order valence-electron chi connectivity index (χ2n) is 6.45. The van der Waals surface area contributed by atoms with Gasteiger partial charge in [-0.15, -0.1) is 0 Å². The number of carbonyl (C=O) groups is 2. The molecule has 3 N–H and O–H groups in total. The summed E-state index contributed by atoms with van der Waals surface area (Å²) in [5, 5.41) is 8.14. The van der Waals surface area contributed by atoms with E-state index in [1.165, 1.54) is 17.0 Å². The summed E-state index contributed by atoms with van der Waals surface area (Å²) in [5.74, 6) is -0.407. The minimum atomic E-state index is -3.73. The molecule has 1 atom stereocenters. The lowest BCUT2D eigenvalue weighted by molar-refractivity contribution is -0.138. The van der Waals surface area contributed by atoms with Crippen molar-refractivity contribution in [3.63, 3.8) is 0 Å². The Morgan fingerprint density at radius 3 is 2.30 bits per heavy atom. The summed E-state index contributed by atoms with van der Waals surface area (Å²) in [5.41, 5.74) is 1.87. The van der Waals surface area contributed by atoms with Crippen LogP contribution in [0.25, 0.3) is 0 Å². The first kappa shape index (κ1) is 19.2. The molecule has 2 amide bonds. The standard InChI is InChI=1S/C19H21N3O4S/c20-27(25,26)16-8-6-15(7-9-16)13-21-17-12-18(23)22(19(17)24)11-10-14-4-2-1-3-5-14/h1-9,17,21H,10-13H2,(H2,20,25,26). The Labute approximate surface area is 158 Å². The minimum Gasteiger partial charge on any atom is -0.301 e. The van der Waals surface area contributed by atoms with E-state index in [9.17, 15) is 18.0 Å². The van der Waals surface area contributed by atoms with Gasteiger partial charge in [-0.05, 0) is 29.7 Å². The van der Waals surface area contributed by atoms with Gasteiger partial charge < -0.3 is 5.32 Å². The van der Waals surface area contributed by atoms with Crippen LogP contribution in [0.5, 0.6) is 0 Å². The molecule has 1 fully saturated rings. The minimum absolute atomic E-state index is 0.0328. The summed E-state index contributed by atoms with van der Waals surface area (Å²) in [4.78, 5) is 26.0. The van der Waals surface area contributed by atoms with Gasteiger partial charge in [0.1, 0.15) is 0 Å². The van der Waals surface area contributed by atoms with E-state index in [0.717, 1.165) is 11.1 Å². The van der Waals surface area contributed by atoms with Crippen LogP contribution in [0.3, 0.4) is 0 Å². The van der Waals surface area contributed by atoms with Crippen LogP contribution in [0.1, 0.15) is 17.5 Å². The van der Waals surface area contributed by atoms with Crippen molar-refractivity contribution in [2.45, 2.75) is 30.3 Å². The normalized spacial score (nSPS) is 17.5. The molecule has 1 unspecified atom stereocenters. The fraction of sp³-hybridized carbons (Fsp3) is 0.263. The fourth-order valence-electron chi connectivity index (χ4n) is 3.00. The number of nitrogens with one attached hydrogen (secondary N) is 1. The number of hydrogen-bond donors (Lipinski definition) is 2. The third-order valence-electron chi connectivity index (χ3n) is 4.52. The molecule has 2 aromatic rings. The number of hydrogen-bond acceptors (Lipinski definition) is 5. The molecule has 142 valence electrons. The summed E-state index contributed by atoms with van der Waals surface area (Å²) in [6, 6.07) is 15.2. The molecule has 0 radical (unpaired) electrons. The Morgan fingerprint density at radius 2 is 1.67 bits per heavy atom. The highest BCUT2D eigenvalue weighted by atomic mass is 32.2. The number of nitrogens with zero attached hydrogens (tertiary/aromatic N) is 1. The van der Waals surface area contributed by atoms with Crippen molar-refractivity contribution in [2.75, 3.05) is 6.54 Å². The number of imide groups is 1. The van der Waals surface area contributed by atoms with Crippen LogP contribution in [0.4, 0.5) is 0 Å². The predicted octanol–water partition coefficient (Wildman–Crippen LogP) is 0.794. The molecule has 3 rings (SSSR count). The molecule has 8 heteroatoms. The van der Waals surface area contributed by atoms with Gasteiger partial charge in [0.2, 0.25) is 21.8 Å². The maximum atomic E-state index is 12.5. The number of benzene rings is 2. The predicted molar refractivity (Wildman–Crippen MR) is 99.9 cm³/mol. The van der Waals surface area contributed by atoms with E-state index in [1.807, 2.05) is 30.3 Å². The zero-order valence-corrected chi connectivity index (χ0v) is 15.5. The van der Waals surface area contributed by atoms with Crippen molar-refractivity contribution >= 4 is 21.8 Å². The maximum absolute atomic E-state index is 12.5. The first-order valence-electron chi connectivity index (χ1n) is 8.58. The van der Waals surface area contributed by atoms with Gasteiger partial charge in [-0.25, -0.2) is 13.6 Å². The first-order chi connectivity index (χ1) is 12.8. The van der Waals surface area contributed by atoms with Gasteiger partial charge in [-0.1, -0.05) is 42.5 Å². The van der Waals surface area contributed by atoms with Crippen LogP contribution < -0.4 is 10.5 Å². The van der Waals surface area contributed by atoms with E-state index in [0.29, 0.717) is 19.5 Å². The van der Waals surface area contributed by atoms with Gasteiger partial charge in [-0.2, -0.15) is 0 Å². The second kappa shape index (κ2) is 7.99. The monoisotopic (exact) mass is 387 g/mol. The van der Waals surface area contributed by atoms with Crippen LogP contribution in [-0.2, 0) is 32.6 Å². The van der Waals surface area contributed by atoms with Crippen LogP contribution >= 0.6 is 0 Å². The Bertz CT molecular complexity index is 927. The van der Waals surface area contributed by atoms with Gasteiger partial charge in [-0.3, -0.25) is 14.5 Å². The Balaban J connectivity index is 1.55. The van der Waals surface area contributed by atoms with Crippen molar-refractivity contribution in [3.05, 3.63) is 65.7 Å². The van der Waals surface area contributed by atoms with Crippen molar-refractivity contribution in [1.29, 1.82) is 0 Å². The van der Waals surface area contributed by atoms with E-state index < -0.39 is 16.1 Å². The molecule has 1 heterocycles. The Morgan fingerprint density at radius 1 is 1.00 bits per heavy atom. The Hall–Kier alpha value is -2.55. The molecule has 0 aromatic heterocycles. The molecule has 7 nitrogen and oxygen atoms in total. The van der Waals surface area contributed by atoms with Gasteiger partial charge >= 0.3 is 0 Å². The van der Waals surface area contributed by atoms with Crippen LogP contribution in [0.15, 0.2) is 59.5 Å². The highest BCUT2D eigenvalue weighted by molar-refractivity contribution is 7.89. The molecule has 2 aromatic carbocycles. The molecule has 0 spiro atoms. The third-order valence-corrected chi connectivity index (χ3v) is 5.44. The molecule has 0 aliphatic carbocycles. The lowest BCUT2D eigenvalue weighted by atomic mass is 10.1. The summed E-state index contributed by atoms with van der Waals surface area (Å²) in [6.45, 7) is 0.712. The lowest BCUT2D eigenvalue weighted by Gasteiger charge is -2.15. The average molecular weight is 387 g/mol. The molecular weight excluding hydrogens is 366 g/mol. The van der Waals surface area contributed by atoms with E-state index in [-0.39, 0.29) is 23.1 Å². The van der Waals surface area contributed by atoms with Gasteiger partial charge in [0, 0.05) is 13.1 Å². The average Bonchev–Trinajstić information content (AvgIpc) is 2.92. The van der Waals surface area contributed by atoms with E-state index in [1.54, 1.807) is 12.1 Å². The molecule has 0 saturated carbocycles. The highest BCUT2D eigenvalue weighted by Crippen LogP contribution is 2.15. The number of amides is 2. The number of carbonyl (C=O) groups excluding carboxylic acids is 2. The molecule has 27 heavy (non-hydrogen) atoms. The topological polar surface area (TPSA) is 110 Å².